The van der Waals surface area contributed by atoms with Gasteiger partial charge in [0.05, 0.1) is 11.9 Å². The van der Waals surface area contributed by atoms with E-state index in [9.17, 15) is 0 Å². The van der Waals surface area contributed by atoms with Gasteiger partial charge in [0.25, 0.3) is 0 Å². The van der Waals surface area contributed by atoms with Crippen LogP contribution >= 0.6 is 22.7 Å². The predicted octanol–water partition coefficient (Wildman–Crippen LogP) is 3.66. The zero-order chi connectivity index (χ0) is 14.1. The van der Waals surface area contributed by atoms with Crippen LogP contribution in [0.5, 0.6) is 0 Å². The van der Waals surface area contributed by atoms with Gasteiger partial charge in [-0.1, -0.05) is 6.92 Å². The SMILES string of the molecule is CCc1cc2c(N(C)Cc3nc(C)cs3)ncnc2s1. The normalized spacial score (nSPS) is 11.2. The number of rotatable bonds is 4. The van der Waals surface area contributed by atoms with Crippen molar-refractivity contribution in [3.63, 3.8) is 0 Å². The highest BCUT2D eigenvalue weighted by Gasteiger charge is 2.13. The van der Waals surface area contributed by atoms with Crippen molar-refractivity contribution in [2.45, 2.75) is 26.8 Å². The average Bonchev–Trinajstić information content (AvgIpc) is 3.03. The molecular formula is C14H16N4S2. The number of aryl methyl sites for hydroxylation is 2. The van der Waals surface area contributed by atoms with Crippen molar-refractivity contribution in [1.82, 2.24) is 15.0 Å². The summed E-state index contributed by atoms with van der Waals surface area (Å²) in [6.45, 7) is 4.97. The number of hydrogen-bond donors (Lipinski definition) is 0. The first-order valence-electron chi connectivity index (χ1n) is 6.53. The van der Waals surface area contributed by atoms with Crippen LogP contribution in [0.2, 0.25) is 0 Å². The minimum absolute atomic E-state index is 0.780. The van der Waals surface area contributed by atoms with E-state index in [4.69, 9.17) is 0 Å². The Morgan fingerprint density at radius 3 is 2.85 bits per heavy atom. The monoisotopic (exact) mass is 304 g/mol. The lowest BCUT2D eigenvalue weighted by molar-refractivity contribution is 0.886. The first-order chi connectivity index (χ1) is 9.67. The Morgan fingerprint density at radius 1 is 1.30 bits per heavy atom. The molecule has 0 spiro atoms. The molecule has 104 valence electrons. The molecule has 20 heavy (non-hydrogen) atoms. The van der Waals surface area contributed by atoms with Gasteiger partial charge >= 0.3 is 0 Å². The molecule has 0 atom stereocenters. The Morgan fingerprint density at radius 2 is 2.15 bits per heavy atom. The van der Waals surface area contributed by atoms with Crippen molar-refractivity contribution >= 4 is 38.7 Å². The zero-order valence-electron chi connectivity index (χ0n) is 11.8. The number of anilines is 1. The minimum atomic E-state index is 0.780. The fraction of sp³-hybridized carbons (Fsp3) is 0.357. The van der Waals surface area contributed by atoms with Crippen LogP contribution in [0.15, 0.2) is 17.8 Å². The number of thiophene rings is 1. The van der Waals surface area contributed by atoms with Crippen molar-refractivity contribution in [1.29, 1.82) is 0 Å². The van der Waals surface area contributed by atoms with Gasteiger partial charge in [-0.3, -0.25) is 0 Å². The molecule has 0 aromatic carbocycles. The third-order valence-electron chi connectivity index (χ3n) is 3.11. The Hall–Kier alpha value is -1.53. The molecule has 0 aliphatic heterocycles. The summed E-state index contributed by atoms with van der Waals surface area (Å²) in [5.74, 6) is 0.985. The highest BCUT2D eigenvalue weighted by Crippen LogP contribution is 2.30. The average molecular weight is 304 g/mol. The molecular weight excluding hydrogens is 288 g/mol. The van der Waals surface area contributed by atoms with Crippen LogP contribution in [0.1, 0.15) is 22.5 Å². The molecule has 6 heteroatoms. The van der Waals surface area contributed by atoms with Gasteiger partial charge in [0.2, 0.25) is 0 Å². The molecule has 0 radical (unpaired) electrons. The minimum Gasteiger partial charge on any atom is -0.352 e. The molecule has 0 bridgehead atoms. The third kappa shape index (κ3) is 2.53. The molecule has 0 fully saturated rings. The summed E-state index contributed by atoms with van der Waals surface area (Å²) < 4.78 is 0. The summed E-state index contributed by atoms with van der Waals surface area (Å²) in [6, 6.07) is 2.21. The van der Waals surface area contributed by atoms with E-state index in [2.05, 4.69) is 45.3 Å². The Labute approximate surface area is 126 Å². The van der Waals surface area contributed by atoms with Crippen LogP contribution in [0.25, 0.3) is 10.2 Å². The van der Waals surface area contributed by atoms with Crippen LogP contribution in [-0.4, -0.2) is 22.0 Å². The Bertz CT molecular complexity index is 732. The Kier molecular flexibility index (Phi) is 3.67. The molecule has 4 nitrogen and oxygen atoms in total. The first-order valence-corrected chi connectivity index (χ1v) is 8.22. The smallest absolute Gasteiger partial charge is 0.140 e. The topological polar surface area (TPSA) is 41.9 Å². The zero-order valence-corrected chi connectivity index (χ0v) is 13.4. The molecule has 3 aromatic rings. The van der Waals surface area contributed by atoms with E-state index in [-0.39, 0.29) is 0 Å². The lowest BCUT2D eigenvalue weighted by Crippen LogP contribution is -2.17. The van der Waals surface area contributed by atoms with Gasteiger partial charge in [-0.25, -0.2) is 15.0 Å². The second-order valence-corrected chi connectivity index (χ2v) is 6.78. The van der Waals surface area contributed by atoms with Crippen LogP contribution < -0.4 is 4.90 Å². The second kappa shape index (κ2) is 5.46. The number of aromatic nitrogens is 3. The molecule has 0 aliphatic carbocycles. The van der Waals surface area contributed by atoms with Crippen molar-refractivity contribution in [2.24, 2.45) is 0 Å². The standard InChI is InChI=1S/C14H16N4S2/c1-4-10-5-11-13(15-8-16-14(11)20-10)18(3)6-12-17-9(2)7-19-12/h5,7-8H,4,6H2,1-3H3. The highest BCUT2D eigenvalue weighted by atomic mass is 32.1. The maximum atomic E-state index is 4.51. The summed E-state index contributed by atoms with van der Waals surface area (Å²) in [4.78, 5) is 17.9. The second-order valence-electron chi connectivity index (χ2n) is 4.72. The summed E-state index contributed by atoms with van der Waals surface area (Å²) in [6.07, 6.45) is 2.69. The fourth-order valence-electron chi connectivity index (χ4n) is 2.12. The number of thiazole rings is 1. The molecule has 0 saturated heterocycles. The van der Waals surface area contributed by atoms with Crippen LogP contribution in [0.3, 0.4) is 0 Å². The summed E-state index contributed by atoms with van der Waals surface area (Å²) in [5, 5.41) is 4.34. The number of fused-ring (bicyclic) bond motifs is 1. The van der Waals surface area contributed by atoms with Crippen molar-refractivity contribution in [2.75, 3.05) is 11.9 Å². The van der Waals surface area contributed by atoms with Gasteiger partial charge in [-0.2, -0.15) is 0 Å². The first kappa shape index (κ1) is 13.5. The van der Waals surface area contributed by atoms with E-state index in [0.29, 0.717) is 0 Å². The lowest BCUT2D eigenvalue weighted by Gasteiger charge is -2.17. The van der Waals surface area contributed by atoms with Crippen LogP contribution in [0.4, 0.5) is 5.82 Å². The lowest BCUT2D eigenvalue weighted by atomic mass is 10.3. The van der Waals surface area contributed by atoms with Gasteiger partial charge in [-0.05, 0) is 19.4 Å². The van der Waals surface area contributed by atoms with Crippen LogP contribution in [-0.2, 0) is 13.0 Å². The largest absolute Gasteiger partial charge is 0.352 e. The van der Waals surface area contributed by atoms with E-state index < -0.39 is 0 Å². The summed E-state index contributed by atoms with van der Waals surface area (Å²) in [7, 11) is 2.06. The molecule has 3 rings (SSSR count). The van der Waals surface area contributed by atoms with Crippen LogP contribution in [0, 0.1) is 6.92 Å². The molecule has 0 unspecified atom stereocenters. The Balaban J connectivity index is 1.94. The molecule has 3 heterocycles. The van der Waals surface area contributed by atoms with Gasteiger partial charge in [0, 0.05) is 23.0 Å². The quantitative estimate of drug-likeness (QED) is 0.738. The molecule has 0 amide bonds. The molecule has 0 aliphatic rings. The van der Waals surface area contributed by atoms with Gasteiger partial charge < -0.3 is 4.90 Å². The predicted molar refractivity (Wildman–Crippen MR) is 85.8 cm³/mol. The molecule has 0 saturated carbocycles. The molecule has 0 N–H and O–H groups in total. The van der Waals surface area contributed by atoms with Gasteiger partial charge in [0.15, 0.2) is 0 Å². The van der Waals surface area contributed by atoms with Gasteiger partial charge in [-0.15, -0.1) is 22.7 Å². The van der Waals surface area contributed by atoms with Crippen molar-refractivity contribution in [3.05, 3.63) is 33.4 Å². The molecule has 3 aromatic heterocycles. The summed E-state index contributed by atoms with van der Waals surface area (Å²) in [5.41, 5.74) is 1.08. The fourth-order valence-corrected chi connectivity index (χ4v) is 3.88. The van der Waals surface area contributed by atoms with E-state index in [1.165, 1.54) is 4.88 Å². The van der Waals surface area contributed by atoms with E-state index >= 15 is 0 Å². The maximum Gasteiger partial charge on any atom is 0.140 e. The van der Waals surface area contributed by atoms with Crippen molar-refractivity contribution < 1.29 is 0 Å². The number of nitrogens with zero attached hydrogens (tertiary/aromatic N) is 4. The van der Waals surface area contributed by atoms with E-state index in [0.717, 1.165) is 39.7 Å². The summed E-state index contributed by atoms with van der Waals surface area (Å²) >= 11 is 3.44. The van der Waals surface area contributed by atoms with Gasteiger partial charge in [0.1, 0.15) is 22.0 Å². The third-order valence-corrected chi connectivity index (χ3v) is 5.25. The number of hydrogen-bond acceptors (Lipinski definition) is 6. The van der Waals surface area contributed by atoms with E-state index in [1.54, 1.807) is 29.0 Å². The van der Waals surface area contributed by atoms with Crippen molar-refractivity contribution in [3.8, 4) is 0 Å². The van der Waals surface area contributed by atoms with E-state index in [1.807, 2.05) is 6.92 Å². The maximum absolute atomic E-state index is 4.51. The highest BCUT2D eigenvalue weighted by molar-refractivity contribution is 7.18.